The van der Waals surface area contributed by atoms with E-state index in [0.29, 0.717) is 38.4 Å². The summed E-state index contributed by atoms with van der Waals surface area (Å²) in [6, 6.07) is 18.6. The summed E-state index contributed by atoms with van der Waals surface area (Å²) in [6.07, 6.45) is 0.598. The van der Waals surface area contributed by atoms with Gasteiger partial charge in [-0.2, -0.15) is 5.10 Å². The van der Waals surface area contributed by atoms with Gasteiger partial charge in [-0.25, -0.2) is 9.67 Å². The number of rotatable bonds is 6. The van der Waals surface area contributed by atoms with Gasteiger partial charge >= 0.3 is 0 Å². The van der Waals surface area contributed by atoms with Gasteiger partial charge in [0.15, 0.2) is 0 Å². The summed E-state index contributed by atoms with van der Waals surface area (Å²) in [5, 5.41) is 7.35. The van der Waals surface area contributed by atoms with Crippen molar-refractivity contribution in [2.45, 2.75) is 33.7 Å². The molecule has 0 aliphatic carbocycles. The summed E-state index contributed by atoms with van der Waals surface area (Å²) in [5.41, 5.74) is 3.40. The number of carbonyl (C=O) groups excluding carboxylic acids is 2. The van der Waals surface area contributed by atoms with E-state index in [1.807, 2.05) is 43.9 Å². The Hall–Kier alpha value is -3.48. The second-order valence-electron chi connectivity index (χ2n) is 8.83. The average Bonchev–Trinajstić information content (AvgIpc) is 3.02. The van der Waals surface area contributed by atoms with Crippen molar-refractivity contribution in [1.29, 1.82) is 0 Å². The molecular formula is C26H31N5O2. The summed E-state index contributed by atoms with van der Waals surface area (Å²) in [5.74, 6) is 1.04. The summed E-state index contributed by atoms with van der Waals surface area (Å²) >= 11 is 0. The first-order chi connectivity index (χ1) is 15.9. The van der Waals surface area contributed by atoms with Gasteiger partial charge in [0.2, 0.25) is 11.8 Å². The fraction of sp³-hybridized carbons (Fsp3) is 0.385. The first kappa shape index (κ1) is 22.7. The summed E-state index contributed by atoms with van der Waals surface area (Å²) in [7, 11) is 0. The first-order valence-corrected chi connectivity index (χ1v) is 11.5. The van der Waals surface area contributed by atoms with Crippen LogP contribution in [0.4, 0.5) is 0 Å². The maximum Gasteiger partial charge on any atom is 0.227 e. The van der Waals surface area contributed by atoms with Gasteiger partial charge in [-0.1, -0.05) is 61.5 Å². The Balaban J connectivity index is 1.42. The van der Waals surface area contributed by atoms with Gasteiger partial charge in [0, 0.05) is 19.6 Å². The highest BCUT2D eigenvalue weighted by molar-refractivity contribution is 5.83. The molecule has 1 N–H and O–H groups in total. The van der Waals surface area contributed by atoms with Crippen molar-refractivity contribution in [1.82, 2.24) is 25.0 Å². The second kappa shape index (κ2) is 9.98. The van der Waals surface area contributed by atoms with Gasteiger partial charge in [-0.15, -0.1) is 0 Å². The third kappa shape index (κ3) is 5.48. The van der Waals surface area contributed by atoms with E-state index >= 15 is 0 Å². The molecule has 2 atom stereocenters. The van der Waals surface area contributed by atoms with E-state index < -0.39 is 0 Å². The quantitative estimate of drug-likeness (QED) is 0.633. The van der Waals surface area contributed by atoms with Crippen LogP contribution in [-0.2, 0) is 22.6 Å². The van der Waals surface area contributed by atoms with Crippen LogP contribution in [0.3, 0.4) is 0 Å². The number of carbonyl (C=O) groups is 2. The van der Waals surface area contributed by atoms with Crippen molar-refractivity contribution >= 4 is 11.8 Å². The highest BCUT2D eigenvalue weighted by Gasteiger charge is 2.30. The fourth-order valence-corrected chi connectivity index (χ4v) is 4.39. The lowest BCUT2D eigenvalue weighted by Crippen LogP contribution is -2.41. The molecule has 4 rings (SSSR count). The van der Waals surface area contributed by atoms with Crippen molar-refractivity contribution in [3.8, 4) is 11.1 Å². The largest absolute Gasteiger partial charge is 0.354 e. The number of hydrogen-bond acceptors (Lipinski definition) is 4. The lowest BCUT2D eigenvalue weighted by Gasteiger charge is -2.26. The van der Waals surface area contributed by atoms with Crippen LogP contribution in [0.2, 0.25) is 0 Å². The SMILES string of the molecule is Cc1nc(C)n(C[C@@H](C)C(=O)N2CCNC(=O)[C@@H](Cc3ccc(-c4ccccc4)cc3)C2)n1. The van der Waals surface area contributed by atoms with E-state index in [-0.39, 0.29) is 23.7 Å². The minimum absolute atomic E-state index is 0.00725. The second-order valence-corrected chi connectivity index (χ2v) is 8.83. The zero-order valence-corrected chi connectivity index (χ0v) is 19.5. The van der Waals surface area contributed by atoms with Crippen LogP contribution in [0.25, 0.3) is 11.1 Å². The molecule has 2 amide bonds. The predicted molar refractivity (Wildman–Crippen MR) is 127 cm³/mol. The van der Waals surface area contributed by atoms with E-state index in [1.54, 1.807) is 4.68 Å². The fourth-order valence-electron chi connectivity index (χ4n) is 4.39. The molecule has 1 saturated heterocycles. The van der Waals surface area contributed by atoms with Crippen molar-refractivity contribution in [2.24, 2.45) is 11.8 Å². The Bertz CT molecular complexity index is 1110. The third-order valence-electron chi connectivity index (χ3n) is 6.18. The molecule has 7 heteroatoms. The molecule has 0 unspecified atom stereocenters. The van der Waals surface area contributed by atoms with Gasteiger partial charge < -0.3 is 10.2 Å². The van der Waals surface area contributed by atoms with Gasteiger partial charge in [0.1, 0.15) is 11.6 Å². The standard InChI is InChI=1S/C26H31N5O2/c1-18(16-31-20(3)28-19(2)29-31)26(33)30-14-13-27-25(32)24(17-30)15-21-9-11-23(12-10-21)22-7-5-4-6-8-22/h4-12,18,24H,13-17H2,1-3H3,(H,27,32)/t18-,24+/m1/s1. The molecule has 1 aromatic heterocycles. The number of aryl methyl sites for hydroxylation is 2. The lowest BCUT2D eigenvalue weighted by atomic mass is 9.95. The van der Waals surface area contributed by atoms with Crippen LogP contribution in [0, 0.1) is 25.7 Å². The van der Waals surface area contributed by atoms with Crippen LogP contribution in [-0.4, -0.2) is 51.1 Å². The van der Waals surface area contributed by atoms with E-state index in [4.69, 9.17) is 0 Å². The maximum absolute atomic E-state index is 13.2. The minimum atomic E-state index is -0.276. The van der Waals surface area contributed by atoms with Gasteiger partial charge in [0.05, 0.1) is 18.4 Å². The summed E-state index contributed by atoms with van der Waals surface area (Å²) in [6.45, 7) is 7.55. The van der Waals surface area contributed by atoms with Crippen LogP contribution >= 0.6 is 0 Å². The molecule has 7 nitrogen and oxygen atoms in total. The van der Waals surface area contributed by atoms with E-state index in [2.05, 4.69) is 51.8 Å². The maximum atomic E-state index is 13.2. The highest BCUT2D eigenvalue weighted by Crippen LogP contribution is 2.21. The van der Waals surface area contributed by atoms with Crippen molar-refractivity contribution in [2.75, 3.05) is 19.6 Å². The molecule has 0 spiro atoms. The number of hydrogen-bond donors (Lipinski definition) is 1. The summed E-state index contributed by atoms with van der Waals surface area (Å²) in [4.78, 5) is 32.1. The van der Waals surface area contributed by atoms with E-state index in [9.17, 15) is 9.59 Å². The zero-order chi connectivity index (χ0) is 23.4. The summed E-state index contributed by atoms with van der Waals surface area (Å²) < 4.78 is 1.78. The van der Waals surface area contributed by atoms with Gasteiger partial charge in [0.25, 0.3) is 0 Å². The van der Waals surface area contributed by atoms with E-state index in [0.717, 1.165) is 17.0 Å². The molecule has 172 valence electrons. The Morgan fingerprint density at radius 1 is 1.09 bits per heavy atom. The van der Waals surface area contributed by atoms with E-state index in [1.165, 1.54) is 5.56 Å². The smallest absolute Gasteiger partial charge is 0.227 e. The third-order valence-corrected chi connectivity index (χ3v) is 6.18. The average molecular weight is 446 g/mol. The van der Waals surface area contributed by atoms with Crippen LogP contribution < -0.4 is 5.32 Å². The van der Waals surface area contributed by atoms with Crippen LogP contribution in [0.5, 0.6) is 0 Å². The minimum Gasteiger partial charge on any atom is -0.354 e. The molecule has 0 bridgehead atoms. The molecule has 2 heterocycles. The number of nitrogens with zero attached hydrogens (tertiary/aromatic N) is 4. The molecule has 1 fully saturated rings. The molecule has 0 saturated carbocycles. The Labute approximate surface area is 194 Å². The van der Waals surface area contributed by atoms with Crippen molar-refractivity contribution in [3.05, 3.63) is 71.8 Å². The van der Waals surface area contributed by atoms with Crippen molar-refractivity contribution < 1.29 is 9.59 Å². The molecule has 2 aromatic carbocycles. The monoisotopic (exact) mass is 445 g/mol. The number of nitrogens with one attached hydrogen (secondary N) is 1. The Morgan fingerprint density at radius 3 is 2.45 bits per heavy atom. The molecular weight excluding hydrogens is 414 g/mol. The number of amides is 2. The van der Waals surface area contributed by atoms with Gasteiger partial charge in [-0.05, 0) is 37.0 Å². The topological polar surface area (TPSA) is 80.1 Å². The normalized spacial score (nSPS) is 17.4. The highest BCUT2D eigenvalue weighted by atomic mass is 16.2. The van der Waals surface area contributed by atoms with Crippen molar-refractivity contribution in [3.63, 3.8) is 0 Å². The molecule has 1 aliphatic heterocycles. The number of benzene rings is 2. The first-order valence-electron chi connectivity index (χ1n) is 11.5. The molecule has 0 radical (unpaired) electrons. The lowest BCUT2D eigenvalue weighted by molar-refractivity contribution is -0.136. The van der Waals surface area contributed by atoms with Crippen LogP contribution in [0.15, 0.2) is 54.6 Å². The molecule has 33 heavy (non-hydrogen) atoms. The number of aromatic nitrogens is 3. The van der Waals surface area contributed by atoms with Crippen LogP contribution in [0.1, 0.15) is 24.1 Å². The zero-order valence-electron chi connectivity index (χ0n) is 19.5. The Kier molecular flexibility index (Phi) is 6.87. The van der Waals surface area contributed by atoms with Gasteiger partial charge in [-0.3, -0.25) is 9.59 Å². The predicted octanol–water partition coefficient (Wildman–Crippen LogP) is 3.02. The molecule has 3 aromatic rings. The Morgan fingerprint density at radius 2 is 1.79 bits per heavy atom. The molecule has 1 aliphatic rings.